The van der Waals surface area contributed by atoms with Gasteiger partial charge in [0, 0.05) is 12.3 Å². The van der Waals surface area contributed by atoms with Gasteiger partial charge in [-0.2, -0.15) is 0 Å². The molecule has 0 saturated carbocycles. The van der Waals surface area contributed by atoms with E-state index in [1.165, 1.54) is 19.2 Å². The Morgan fingerprint density at radius 3 is 2.56 bits per heavy atom. The molecule has 0 saturated heterocycles. The molecule has 0 fully saturated rings. The minimum absolute atomic E-state index is 0.0629. The Labute approximate surface area is 107 Å². The maximum atomic E-state index is 13.6. The lowest BCUT2D eigenvalue weighted by Crippen LogP contribution is -2.27. The van der Waals surface area contributed by atoms with Gasteiger partial charge in [-0.1, -0.05) is 13.0 Å². The number of halogens is 1. The maximum Gasteiger partial charge on any atom is 0.165 e. The minimum Gasteiger partial charge on any atom is -0.494 e. The second-order valence-corrected chi connectivity index (χ2v) is 6.28. The summed E-state index contributed by atoms with van der Waals surface area (Å²) in [5, 5.41) is 3.03. The molecule has 1 aromatic rings. The third kappa shape index (κ3) is 4.27. The average molecular weight is 275 g/mol. The van der Waals surface area contributed by atoms with Gasteiger partial charge in [0.15, 0.2) is 11.6 Å². The van der Waals surface area contributed by atoms with Crippen LogP contribution in [0.5, 0.6) is 5.75 Å². The lowest BCUT2D eigenvalue weighted by molar-refractivity contribution is 0.385. The highest BCUT2D eigenvalue weighted by molar-refractivity contribution is 7.90. The molecule has 0 aliphatic carbocycles. The van der Waals surface area contributed by atoms with E-state index in [9.17, 15) is 12.8 Å². The van der Waals surface area contributed by atoms with Crippen molar-refractivity contribution < 1.29 is 17.5 Å². The summed E-state index contributed by atoms with van der Waals surface area (Å²) in [6, 6.07) is 4.06. The van der Waals surface area contributed by atoms with E-state index in [0.29, 0.717) is 12.1 Å². The van der Waals surface area contributed by atoms with Crippen LogP contribution in [0, 0.1) is 5.82 Å². The van der Waals surface area contributed by atoms with Crippen LogP contribution in [0.4, 0.5) is 4.39 Å². The molecule has 1 atom stereocenters. The summed E-state index contributed by atoms with van der Waals surface area (Å²) >= 11 is 0. The molecule has 0 spiro atoms. The predicted molar refractivity (Wildman–Crippen MR) is 69.1 cm³/mol. The molecule has 0 aromatic heterocycles. The van der Waals surface area contributed by atoms with Crippen LogP contribution in [-0.4, -0.2) is 34.1 Å². The van der Waals surface area contributed by atoms with Gasteiger partial charge in [0.25, 0.3) is 0 Å². The van der Waals surface area contributed by atoms with Crippen molar-refractivity contribution in [2.75, 3.05) is 25.7 Å². The van der Waals surface area contributed by atoms with E-state index in [4.69, 9.17) is 4.74 Å². The molecule has 0 bridgehead atoms. The Balaban J connectivity index is 3.02. The Hall–Kier alpha value is -1.14. The summed E-state index contributed by atoms with van der Waals surface area (Å²) in [4.78, 5) is 0. The third-order valence-electron chi connectivity index (χ3n) is 2.50. The van der Waals surface area contributed by atoms with Crippen molar-refractivity contribution in [3.8, 4) is 5.75 Å². The van der Waals surface area contributed by atoms with Crippen LogP contribution in [0.15, 0.2) is 18.2 Å². The predicted octanol–water partition coefficient (Wildman–Crippen LogP) is 1.53. The number of sulfone groups is 1. The van der Waals surface area contributed by atoms with E-state index >= 15 is 0 Å². The molecule has 102 valence electrons. The van der Waals surface area contributed by atoms with Gasteiger partial charge in [0.1, 0.15) is 9.84 Å². The fourth-order valence-corrected chi connectivity index (χ4v) is 2.64. The van der Waals surface area contributed by atoms with Crippen molar-refractivity contribution in [2.24, 2.45) is 0 Å². The van der Waals surface area contributed by atoms with Gasteiger partial charge in [-0.05, 0) is 24.2 Å². The Morgan fingerprint density at radius 2 is 2.11 bits per heavy atom. The first-order chi connectivity index (χ1) is 8.37. The molecule has 1 rings (SSSR count). The molecular formula is C12H18FNO3S. The van der Waals surface area contributed by atoms with Crippen molar-refractivity contribution in [2.45, 2.75) is 13.0 Å². The molecular weight excluding hydrogens is 257 g/mol. The molecule has 6 heteroatoms. The number of methoxy groups -OCH3 is 1. The van der Waals surface area contributed by atoms with Crippen molar-refractivity contribution in [3.05, 3.63) is 29.6 Å². The zero-order chi connectivity index (χ0) is 13.8. The van der Waals surface area contributed by atoms with Gasteiger partial charge in [-0.25, -0.2) is 12.8 Å². The van der Waals surface area contributed by atoms with Crippen LogP contribution in [-0.2, 0) is 9.84 Å². The number of hydrogen-bond acceptors (Lipinski definition) is 4. The number of hydrogen-bond donors (Lipinski definition) is 1. The van der Waals surface area contributed by atoms with Crippen LogP contribution in [0.25, 0.3) is 0 Å². The van der Waals surface area contributed by atoms with Crippen molar-refractivity contribution in [1.29, 1.82) is 0 Å². The van der Waals surface area contributed by atoms with E-state index in [0.717, 1.165) is 6.26 Å². The van der Waals surface area contributed by atoms with Gasteiger partial charge in [0.2, 0.25) is 0 Å². The zero-order valence-corrected chi connectivity index (χ0v) is 11.6. The van der Waals surface area contributed by atoms with Crippen molar-refractivity contribution >= 4 is 9.84 Å². The number of benzene rings is 1. The van der Waals surface area contributed by atoms with Crippen LogP contribution in [0.1, 0.15) is 18.5 Å². The highest BCUT2D eigenvalue weighted by Gasteiger charge is 2.18. The van der Waals surface area contributed by atoms with Crippen LogP contribution in [0.2, 0.25) is 0 Å². The molecule has 18 heavy (non-hydrogen) atoms. The van der Waals surface area contributed by atoms with Gasteiger partial charge in [-0.3, -0.25) is 0 Å². The Kier molecular flexibility index (Phi) is 5.10. The summed E-state index contributed by atoms with van der Waals surface area (Å²) in [6.45, 7) is 2.48. The van der Waals surface area contributed by atoms with Crippen LogP contribution < -0.4 is 10.1 Å². The minimum atomic E-state index is -3.14. The molecule has 4 nitrogen and oxygen atoms in total. The summed E-state index contributed by atoms with van der Waals surface area (Å²) in [5.41, 5.74) is 0.598. The number of rotatable bonds is 6. The van der Waals surface area contributed by atoms with E-state index in [2.05, 4.69) is 5.32 Å². The summed E-state index contributed by atoms with van der Waals surface area (Å²) in [7, 11) is -1.75. The molecule has 0 radical (unpaired) electrons. The highest BCUT2D eigenvalue weighted by Crippen LogP contribution is 2.22. The van der Waals surface area contributed by atoms with Crippen molar-refractivity contribution in [1.82, 2.24) is 5.32 Å². The largest absolute Gasteiger partial charge is 0.494 e. The van der Waals surface area contributed by atoms with E-state index < -0.39 is 21.7 Å². The molecule has 0 aliphatic rings. The topological polar surface area (TPSA) is 55.4 Å². The van der Waals surface area contributed by atoms with E-state index in [-0.39, 0.29) is 11.5 Å². The second kappa shape index (κ2) is 6.15. The quantitative estimate of drug-likeness (QED) is 0.855. The van der Waals surface area contributed by atoms with Gasteiger partial charge < -0.3 is 10.1 Å². The normalized spacial score (nSPS) is 13.3. The SMILES string of the molecule is CCNC(CS(C)(=O)=O)c1ccc(OC)c(F)c1. The molecule has 0 amide bonds. The van der Waals surface area contributed by atoms with Gasteiger partial charge >= 0.3 is 0 Å². The molecule has 1 unspecified atom stereocenters. The van der Waals surface area contributed by atoms with Gasteiger partial charge in [0.05, 0.1) is 12.9 Å². The monoisotopic (exact) mass is 275 g/mol. The van der Waals surface area contributed by atoms with Gasteiger partial charge in [-0.15, -0.1) is 0 Å². The fraction of sp³-hybridized carbons (Fsp3) is 0.500. The molecule has 0 heterocycles. The summed E-state index contributed by atoms with van der Waals surface area (Å²) in [5.74, 6) is -0.410. The van der Waals surface area contributed by atoms with E-state index in [1.54, 1.807) is 6.07 Å². The lowest BCUT2D eigenvalue weighted by atomic mass is 10.1. The fourth-order valence-electron chi connectivity index (χ4n) is 1.72. The molecule has 0 aliphatic heterocycles. The van der Waals surface area contributed by atoms with Crippen molar-refractivity contribution in [3.63, 3.8) is 0 Å². The Bertz CT molecular complexity index is 502. The average Bonchev–Trinajstić information content (AvgIpc) is 2.26. The Morgan fingerprint density at radius 1 is 1.44 bits per heavy atom. The third-order valence-corrected chi connectivity index (χ3v) is 3.44. The summed E-state index contributed by atoms with van der Waals surface area (Å²) in [6.07, 6.45) is 1.16. The first-order valence-corrected chi connectivity index (χ1v) is 7.68. The summed E-state index contributed by atoms with van der Waals surface area (Å²) < 4.78 is 41.1. The highest BCUT2D eigenvalue weighted by atomic mass is 32.2. The smallest absolute Gasteiger partial charge is 0.165 e. The first kappa shape index (κ1) is 14.9. The molecule has 1 aromatic carbocycles. The second-order valence-electron chi connectivity index (χ2n) is 4.10. The molecule has 1 N–H and O–H groups in total. The lowest BCUT2D eigenvalue weighted by Gasteiger charge is -2.18. The number of nitrogens with one attached hydrogen (secondary N) is 1. The first-order valence-electron chi connectivity index (χ1n) is 5.62. The van der Waals surface area contributed by atoms with Crippen LogP contribution in [0.3, 0.4) is 0 Å². The maximum absolute atomic E-state index is 13.6. The zero-order valence-electron chi connectivity index (χ0n) is 10.7. The number of ether oxygens (including phenoxy) is 1. The standard InChI is InChI=1S/C12H18FNO3S/c1-4-14-11(8-18(3,15)16)9-5-6-12(17-2)10(13)7-9/h5-7,11,14H,4,8H2,1-3H3. The van der Waals surface area contributed by atoms with E-state index in [1.807, 2.05) is 6.92 Å². The van der Waals surface area contributed by atoms with Crippen LogP contribution >= 0.6 is 0 Å².